The van der Waals surface area contributed by atoms with Gasteiger partial charge in [0.15, 0.2) is 14.6 Å². The molecule has 1 saturated carbocycles. The summed E-state index contributed by atoms with van der Waals surface area (Å²) in [5.41, 5.74) is 3.70. The van der Waals surface area contributed by atoms with Crippen LogP contribution in [0.3, 0.4) is 0 Å². The van der Waals surface area contributed by atoms with Crippen LogP contribution in [0.25, 0.3) is 0 Å². The Morgan fingerprint density at radius 2 is 1.67 bits per heavy atom. The lowest BCUT2D eigenvalue weighted by Crippen LogP contribution is -2.51. The highest BCUT2D eigenvalue weighted by molar-refractivity contribution is 7.93. The molecule has 0 atom stereocenters. The van der Waals surface area contributed by atoms with E-state index in [1.54, 1.807) is 24.9 Å². The minimum Gasteiger partial charge on any atom is -0.378 e. The molecule has 0 radical (unpaired) electrons. The van der Waals surface area contributed by atoms with Crippen LogP contribution in [0.5, 0.6) is 0 Å². The zero-order valence-corrected chi connectivity index (χ0v) is 20.7. The first kappa shape index (κ1) is 23.8. The van der Waals surface area contributed by atoms with Crippen LogP contribution in [0, 0.1) is 13.8 Å². The number of ether oxygens (including phenoxy) is 1. The first-order valence-corrected chi connectivity index (χ1v) is 13.2. The van der Waals surface area contributed by atoms with E-state index in [1.807, 2.05) is 31.2 Å². The number of carbonyl (C=O) groups excluding carboxylic acids is 1. The summed E-state index contributed by atoms with van der Waals surface area (Å²) in [6.07, 6.45) is 2.25. The van der Waals surface area contributed by atoms with E-state index >= 15 is 0 Å². The van der Waals surface area contributed by atoms with Gasteiger partial charge in [0.25, 0.3) is 0 Å². The number of carbonyl (C=O) groups is 1. The summed E-state index contributed by atoms with van der Waals surface area (Å²) < 4.78 is 31.8. The first-order chi connectivity index (χ1) is 15.7. The topological polar surface area (TPSA) is 66.9 Å². The van der Waals surface area contributed by atoms with Gasteiger partial charge in [-0.15, -0.1) is 0 Å². The van der Waals surface area contributed by atoms with E-state index in [9.17, 15) is 13.2 Å². The number of amides is 1. The van der Waals surface area contributed by atoms with Gasteiger partial charge in [-0.1, -0.05) is 37.1 Å². The predicted molar refractivity (Wildman–Crippen MR) is 130 cm³/mol. The maximum Gasteiger partial charge on any atom is 0.244 e. The summed E-state index contributed by atoms with van der Waals surface area (Å²) in [5, 5.41) is 0. The van der Waals surface area contributed by atoms with Crippen LogP contribution in [0.1, 0.15) is 42.4 Å². The quantitative estimate of drug-likeness (QED) is 0.641. The summed E-state index contributed by atoms with van der Waals surface area (Å²) in [5.74, 6) is -0.293. The SMILES string of the molecule is Cc1ccc(C)c(S(=O)(=O)C2(C(=O)N(C)Cc3ccc(N4CCOCC4)cc3)CCCC2)c1. The van der Waals surface area contributed by atoms with Crippen LogP contribution in [0.15, 0.2) is 47.4 Å². The van der Waals surface area contributed by atoms with Crippen molar-refractivity contribution in [1.29, 1.82) is 0 Å². The standard InChI is InChI=1S/C26H34N2O4S/c1-20-6-7-21(2)24(18-20)33(30,31)26(12-4-5-13-26)25(29)27(3)19-22-8-10-23(11-9-22)28-14-16-32-17-15-28/h6-11,18H,4-5,12-17,19H2,1-3H3. The molecular formula is C26H34N2O4S. The Labute approximate surface area is 197 Å². The molecule has 7 heteroatoms. The molecule has 2 aliphatic rings. The second kappa shape index (κ2) is 9.47. The van der Waals surface area contributed by atoms with Gasteiger partial charge in [-0.05, 0) is 61.6 Å². The monoisotopic (exact) mass is 470 g/mol. The average molecular weight is 471 g/mol. The molecule has 4 rings (SSSR count). The van der Waals surface area contributed by atoms with Gasteiger partial charge < -0.3 is 14.5 Å². The molecule has 1 heterocycles. The summed E-state index contributed by atoms with van der Waals surface area (Å²) in [4.78, 5) is 17.9. The van der Waals surface area contributed by atoms with Crippen molar-refractivity contribution >= 4 is 21.4 Å². The van der Waals surface area contributed by atoms with Crippen molar-refractivity contribution in [2.75, 3.05) is 38.3 Å². The molecule has 178 valence electrons. The molecule has 1 amide bonds. The maximum atomic E-state index is 13.9. The third kappa shape index (κ3) is 4.53. The van der Waals surface area contributed by atoms with Crippen LogP contribution >= 0.6 is 0 Å². The Kier molecular flexibility index (Phi) is 6.82. The van der Waals surface area contributed by atoms with Crippen LogP contribution < -0.4 is 4.90 Å². The second-order valence-corrected chi connectivity index (χ2v) is 11.6. The summed E-state index contributed by atoms with van der Waals surface area (Å²) in [7, 11) is -2.10. The third-order valence-electron chi connectivity index (χ3n) is 7.03. The van der Waals surface area contributed by atoms with Gasteiger partial charge in [-0.25, -0.2) is 8.42 Å². The highest BCUT2D eigenvalue weighted by atomic mass is 32.2. The van der Waals surface area contributed by atoms with Crippen LogP contribution in [0.2, 0.25) is 0 Å². The van der Waals surface area contributed by atoms with E-state index in [2.05, 4.69) is 17.0 Å². The molecule has 0 bridgehead atoms. The van der Waals surface area contributed by atoms with Crippen molar-refractivity contribution in [1.82, 2.24) is 4.90 Å². The second-order valence-electron chi connectivity index (χ2n) is 9.40. The smallest absolute Gasteiger partial charge is 0.244 e. The number of nitrogens with zero attached hydrogens (tertiary/aromatic N) is 2. The maximum absolute atomic E-state index is 13.9. The number of hydrogen-bond acceptors (Lipinski definition) is 5. The zero-order chi connectivity index (χ0) is 23.6. The Morgan fingerprint density at radius 1 is 1.03 bits per heavy atom. The predicted octanol–water partition coefficient (Wildman–Crippen LogP) is 3.89. The number of morpholine rings is 1. The van der Waals surface area contributed by atoms with Crippen LogP contribution in [0.4, 0.5) is 5.69 Å². The fourth-order valence-corrected chi connectivity index (χ4v) is 7.54. The molecule has 1 saturated heterocycles. The van der Waals surface area contributed by atoms with E-state index < -0.39 is 14.6 Å². The fraction of sp³-hybridized carbons (Fsp3) is 0.500. The zero-order valence-electron chi connectivity index (χ0n) is 19.8. The van der Waals surface area contributed by atoms with E-state index in [4.69, 9.17) is 4.74 Å². The van der Waals surface area contributed by atoms with Crippen LogP contribution in [-0.2, 0) is 25.9 Å². The van der Waals surface area contributed by atoms with Gasteiger partial charge in [0.2, 0.25) is 5.91 Å². The molecule has 0 aromatic heterocycles. The van der Waals surface area contributed by atoms with Gasteiger partial charge in [0.05, 0.1) is 18.1 Å². The Morgan fingerprint density at radius 3 is 2.30 bits per heavy atom. The number of rotatable bonds is 6. The minimum absolute atomic E-state index is 0.293. The van der Waals surface area contributed by atoms with Crippen molar-refractivity contribution in [3.8, 4) is 0 Å². The number of sulfone groups is 1. The molecule has 2 aromatic carbocycles. The van der Waals surface area contributed by atoms with Crippen LogP contribution in [-0.4, -0.2) is 57.3 Å². The summed E-state index contributed by atoms with van der Waals surface area (Å²) in [6, 6.07) is 13.6. The van der Waals surface area contributed by atoms with Crippen molar-refractivity contribution in [3.05, 3.63) is 59.2 Å². The largest absolute Gasteiger partial charge is 0.378 e. The molecule has 0 unspecified atom stereocenters. The lowest BCUT2D eigenvalue weighted by molar-refractivity contribution is -0.133. The average Bonchev–Trinajstić information content (AvgIpc) is 3.33. The van der Waals surface area contributed by atoms with Crippen molar-refractivity contribution in [3.63, 3.8) is 0 Å². The molecule has 1 aliphatic carbocycles. The van der Waals surface area contributed by atoms with E-state index in [0.29, 0.717) is 29.8 Å². The number of benzene rings is 2. The van der Waals surface area contributed by atoms with Gasteiger partial charge in [-0.3, -0.25) is 4.79 Å². The van der Waals surface area contributed by atoms with E-state index in [0.717, 1.165) is 56.0 Å². The van der Waals surface area contributed by atoms with E-state index in [-0.39, 0.29) is 5.91 Å². The Bertz CT molecular complexity index is 1100. The highest BCUT2D eigenvalue weighted by Gasteiger charge is 2.54. The van der Waals surface area contributed by atoms with E-state index in [1.165, 1.54) is 0 Å². The summed E-state index contributed by atoms with van der Waals surface area (Å²) >= 11 is 0. The minimum atomic E-state index is -3.82. The molecule has 2 aromatic rings. The number of anilines is 1. The van der Waals surface area contributed by atoms with Gasteiger partial charge in [-0.2, -0.15) is 0 Å². The number of aryl methyl sites for hydroxylation is 2. The van der Waals surface area contributed by atoms with Crippen molar-refractivity contribution in [2.24, 2.45) is 0 Å². The number of hydrogen-bond donors (Lipinski definition) is 0. The molecule has 0 N–H and O–H groups in total. The van der Waals surface area contributed by atoms with Gasteiger partial charge >= 0.3 is 0 Å². The molecule has 2 fully saturated rings. The van der Waals surface area contributed by atoms with Gasteiger partial charge in [0.1, 0.15) is 0 Å². The fourth-order valence-electron chi connectivity index (χ4n) is 5.08. The third-order valence-corrected chi connectivity index (χ3v) is 9.66. The van der Waals surface area contributed by atoms with Gasteiger partial charge in [0, 0.05) is 32.4 Å². The summed E-state index contributed by atoms with van der Waals surface area (Å²) in [6.45, 7) is 7.28. The highest BCUT2D eigenvalue weighted by Crippen LogP contribution is 2.43. The normalized spacial score (nSPS) is 18.3. The van der Waals surface area contributed by atoms with Crippen molar-refractivity contribution < 1.29 is 17.9 Å². The molecular weight excluding hydrogens is 436 g/mol. The molecule has 33 heavy (non-hydrogen) atoms. The molecule has 6 nitrogen and oxygen atoms in total. The molecule has 1 aliphatic heterocycles. The molecule has 0 spiro atoms. The Hall–Kier alpha value is -2.38. The first-order valence-electron chi connectivity index (χ1n) is 11.7. The van der Waals surface area contributed by atoms with Crippen molar-refractivity contribution in [2.45, 2.75) is 55.7 Å². The Balaban J connectivity index is 1.56. The lowest BCUT2D eigenvalue weighted by Gasteiger charge is -2.33. The lowest BCUT2D eigenvalue weighted by atomic mass is 10.0.